The Balaban J connectivity index is 2.42. The van der Waals surface area contributed by atoms with Crippen molar-refractivity contribution in [1.82, 2.24) is 0 Å². The lowest BCUT2D eigenvalue weighted by Crippen LogP contribution is -2.33. The van der Waals surface area contributed by atoms with Crippen molar-refractivity contribution in [1.29, 1.82) is 0 Å². The molecule has 0 saturated heterocycles. The number of anilines is 2. The number of carbonyl (C=O) groups is 2. The maximum absolute atomic E-state index is 13.4. The summed E-state index contributed by atoms with van der Waals surface area (Å²) in [4.78, 5) is 24.9. The number of esters is 1. The summed E-state index contributed by atoms with van der Waals surface area (Å²) in [5.41, 5.74) is 4.74. The molecule has 156 valence electrons. The summed E-state index contributed by atoms with van der Waals surface area (Å²) in [5.74, 6) is -0.432. The quantitative estimate of drug-likeness (QED) is 0.714. The molecule has 0 heterocycles. The van der Waals surface area contributed by atoms with Crippen LogP contribution in [0, 0.1) is 6.92 Å². The maximum atomic E-state index is 13.4. The maximum Gasteiger partial charge on any atom is 0.418 e. The molecular formula is C21H23F3N2O3. The fourth-order valence-electron chi connectivity index (χ4n) is 2.90. The number of ether oxygens (including phenoxy) is 1. The number of rotatable bonds is 4. The number of hydrogen-bond acceptors (Lipinski definition) is 3. The summed E-state index contributed by atoms with van der Waals surface area (Å²) in [6, 6.07) is 8.29. The number of hydrogen-bond donors (Lipinski definition) is 1. The van der Waals surface area contributed by atoms with Crippen LogP contribution in [0.5, 0.6) is 0 Å². The molecule has 0 radical (unpaired) electrons. The molecule has 0 bridgehead atoms. The lowest BCUT2D eigenvalue weighted by molar-refractivity contribution is -0.153. The summed E-state index contributed by atoms with van der Waals surface area (Å²) in [7, 11) is 0. The van der Waals surface area contributed by atoms with Gasteiger partial charge < -0.3 is 10.5 Å². The average Bonchev–Trinajstić information content (AvgIpc) is 2.54. The van der Waals surface area contributed by atoms with Gasteiger partial charge in [-0.3, -0.25) is 9.69 Å². The van der Waals surface area contributed by atoms with E-state index in [-0.39, 0.29) is 17.8 Å². The number of amides is 2. The van der Waals surface area contributed by atoms with Gasteiger partial charge in [-0.15, -0.1) is 0 Å². The highest BCUT2D eigenvalue weighted by Gasteiger charge is 2.36. The second-order valence-electron chi connectivity index (χ2n) is 7.57. The molecule has 2 aromatic rings. The van der Waals surface area contributed by atoms with Crippen molar-refractivity contribution in [3.63, 3.8) is 0 Å². The number of para-hydroxylation sites is 1. The standard InChI is InChI=1S/C21H23F3N2O3/c1-13-11-14(12-18(27)29-20(2,3)4)9-10-16(13)26(19(25)28)17-8-6-5-7-15(17)21(22,23)24/h5-11H,12H2,1-4H3,(H2,25,28). The Bertz CT molecular complexity index is 918. The third-order valence-electron chi connectivity index (χ3n) is 3.94. The first-order valence-electron chi connectivity index (χ1n) is 8.87. The van der Waals surface area contributed by atoms with E-state index < -0.39 is 29.3 Å². The summed E-state index contributed by atoms with van der Waals surface area (Å²) in [6.07, 6.45) is -4.66. The number of alkyl halides is 3. The Morgan fingerprint density at radius 2 is 1.66 bits per heavy atom. The molecule has 0 aliphatic rings. The Hall–Kier alpha value is -3.03. The van der Waals surface area contributed by atoms with Gasteiger partial charge in [0.05, 0.1) is 23.4 Å². The van der Waals surface area contributed by atoms with E-state index in [9.17, 15) is 22.8 Å². The molecule has 0 saturated carbocycles. The zero-order valence-electron chi connectivity index (χ0n) is 16.6. The minimum Gasteiger partial charge on any atom is -0.460 e. The number of nitrogens with zero attached hydrogens (tertiary/aromatic N) is 1. The van der Waals surface area contributed by atoms with Crippen LogP contribution in [0.4, 0.5) is 29.3 Å². The molecule has 2 aromatic carbocycles. The van der Waals surface area contributed by atoms with Gasteiger partial charge in [0.15, 0.2) is 0 Å². The molecular weight excluding hydrogens is 385 g/mol. The molecule has 2 amide bonds. The van der Waals surface area contributed by atoms with Crippen LogP contribution in [-0.2, 0) is 22.1 Å². The first-order chi connectivity index (χ1) is 13.3. The summed E-state index contributed by atoms with van der Waals surface area (Å²) < 4.78 is 45.5. The van der Waals surface area contributed by atoms with Gasteiger partial charge in [0.1, 0.15) is 5.60 Å². The predicted molar refractivity (Wildman–Crippen MR) is 104 cm³/mol. The lowest BCUT2D eigenvalue weighted by atomic mass is 10.0. The van der Waals surface area contributed by atoms with E-state index in [0.29, 0.717) is 11.1 Å². The molecule has 29 heavy (non-hydrogen) atoms. The zero-order valence-corrected chi connectivity index (χ0v) is 16.6. The van der Waals surface area contributed by atoms with E-state index >= 15 is 0 Å². The second kappa shape index (κ2) is 8.14. The van der Waals surface area contributed by atoms with Gasteiger partial charge in [0.2, 0.25) is 0 Å². The monoisotopic (exact) mass is 408 g/mol. The SMILES string of the molecule is Cc1cc(CC(=O)OC(C)(C)C)ccc1N(C(N)=O)c1ccccc1C(F)(F)F. The second-order valence-corrected chi connectivity index (χ2v) is 7.57. The van der Waals surface area contributed by atoms with Crippen molar-refractivity contribution in [2.24, 2.45) is 5.73 Å². The van der Waals surface area contributed by atoms with E-state index in [1.54, 1.807) is 39.8 Å². The summed E-state index contributed by atoms with van der Waals surface area (Å²) in [5, 5.41) is 0. The van der Waals surface area contributed by atoms with Crippen LogP contribution in [-0.4, -0.2) is 17.6 Å². The highest BCUT2D eigenvalue weighted by Crippen LogP contribution is 2.39. The smallest absolute Gasteiger partial charge is 0.418 e. The molecule has 5 nitrogen and oxygen atoms in total. The van der Waals surface area contributed by atoms with Gasteiger partial charge >= 0.3 is 18.2 Å². The van der Waals surface area contributed by atoms with Crippen molar-refractivity contribution in [3.8, 4) is 0 Å². The molecule has 0 aliphatic heterocycles. The largest absolute Gasteiger partial charge is 0.460 e. The van der Waals surface area contributed by atoms with Crippen LogP contribution in [0.2, 0.25) is 0 Å². The van der Waals surface area contributed by atoms with Crippen molar-refractivity contribution in [2.75, 3.05) is 4.90 Å². The topological polar surface area (TPSA) is 72.6 Å². The Morgan fingerprint density at radius 1 is 1.03 bits per heavy atom. The minimum absolute atomic E-state index is 0.00585. The molecule has 0 fully saturated rings. The van der Waals surface area contributed by atoms with Crippen molar-refractivity contribution in [2.45, 2.75) is 45.9 Å². The predicted octanol–water partition coefficient (Wildman–Crippen LogP) is 5.11. The van der Waals surface area contributed by atoms with Gasteiger partial charge in [-0.25, -0.2) is 4.79 Å². The van der Waals surface area contributed by atoms with Crippen LogP contribution in [0.25, 0.3) is 0 Å². The van der Waals surface area contributed by atoms with E-state index in [0.717, 1.165) is 11.0 Å². The highest BCUT2D eigenvalue weighted by atomic mass is 19.4. The fourth-order valence-corrected chi connectivity index (χ4v) is 2.90. The summed E-state index contributed by atoms with van der Waals surface area (Å²) >= 11 is 0. The minimum atomic E-state index is -4.66. The van der Waals surface area contributed by atoms with Gasteiger partial charge in [0, 0.05) is 0 Å². The number of primary amides is 1. The van der Waals surface area contributed by atoms with Crippen LogP contribution < -0.4 is 10.6 Å². The number of benzene rings is 2. The number of aryl methyl sites for hydroxylation is 1. The normalized spacial score (nSPS) is 11.8. The highest BCUT2D eigenvalue weighted by molar-refractivity contribution is 6.00. The van der Waals surface area contributed by atoms with Crippen molar-refractivity contribution in [3.05, 3.63) is 59.2 Å². The Morgan fingerprint density at radius 3 is 2.17 bits per heavy atom. The van der Waals surface area contributed by atoms with Crippen molar-refractivity contribution < 1.29 is 27.5 Å². The molecule has 2 rings (SSSR count). The van der Waals surface area contributed by atoms with E-state index in [1.165, 1.54) is 24.3 Å². The molecule has 0 aliphatic carbocycles. The van der Waals surface area contributed by atoms with E-state index in [4.69, 9.17) is 10.5 Å². The number of halogens is 3. The number of carbonyl (C=O) groups excluding carboxylic acids is 2. The molecule has 0 aromatic heterocycles. The van der Waals surface area contributed by atoms with Crippen LogP contribution in [0.15, 0.2) is 42.5 Å². The van der Waals surface area contributed by atoms with Crippen LogP contribution in [0.1, 0.15) is 37.5 Å². The molecule has 2 N–H and O–H groups in total. The molecule has 0 atom stereocenters. The average molecular weight is 408 g/mol. The zero-order chi connectivity index (χ0) is 22.0. The first kappa shape index (κ1) is 22.3. The van der Waals surface area contributed by atoms with E-state index in [2.05, 4.69) is 0 Å². The first-order valence-corrected chi connectivity index (χ1v) is 8.87. The third-order valence-corrected chi connectivity index (χ3v) is 3.94. The Labute approximate surface area is 167 Å². The van der Waals surface area contributed by atoms with Crippen LogP contribution >= 0.6 is 0 Å². The van der Waals surface area contributed by atoms with Gasteiger partial charge in [0.25, 0.3) is 0 Å². The van der Waals surface area contributed by atoms with Gasteiger partial charge in [-0.05, 0) is 57.0 Å². The third kappa shape index (κ3) is 5.73. The van der Waals surface area contributed by atoms with Crippen molar-refractivity contribution >= 4 is 23.4 Å². The Kier molecular flexibility index (Phi) is 6.25. The molecule has 0 unspecified atom stereocenters. The lowest BCUT2D eigenvalue weighted by Gasteiger charge is -2.26. The van der Waals surface area contributed by atoms with Crippen LogP contribution in [0.3, 0.4) is 0 Å². The van der Waals surface area contributed by atoms with E-state index in [1.807, 2.05) is 0 Å². The molecule has 8 heteroatoms. The summed E-state index contributed by atoms with van der Waals surface area (Å²) in [6.45, 7) is 6.88. The number of urea groups is 1. The van der Waals surface area contributed by atoms with Gasteiger partial charge in [-0.2, -0.15) is 13.2 Å². The fraction of sp³-hybridized carbons (Fsp3) is 0.333. The van der Waals surface area contributed by atoms with Gasteiger partial charge in [-0.1, -0.05) is 24.3 Å². The number of nitrogens with two attached hydrogens (primary N) is 1. The molecule has 0 spiro atoms.